The van der Waals surface area contributed by atoms with E-state index in [1.807, 2.05) is 182 Å². The van der Waals surface area contributed by atoms with Crippen LogP contribution in [0, 0.1) is 20.8 Å². The number of hydrogen-bond acceptors (Lipinski definition) is 6. The average Bonchev–Trinajstić information content (AvgIpc) is 3.12. The molecule has 4 aromatic rings. The van der Waals surface area contributed by atoms with E-state index in [1.165, 1.54) is 0 Å². The number of carbonyl (C=O) groups excluding carboxylic acids is 3. The molecule has 0 bridgehead atoms. The predicted molar refractivity (Wildman–Crippen MR) is 274 cm³/mol. The molecule has 0 fully saturated rings. The van der Waals surface area contributed by atoms with Gasteiger partial charge in [0.25, 0.3) is 0 Å². The van der Waals surface area contributed by atoms with Gasteiger partial charge in [-0.15, -0.1) is 0 Å². The van der Waals surface area contributed by atoms with Crippen LogP contribution in [0.5, 0.6) is 17.2 Å². The van der Waals surface area contributed by atoms with Crippen LogP contribution in [0.25, 0.3) is 0 Å². The van der Waals surface area contributed by atoms with Gasteiger partial charge in [0.2, 0.25) is 17.7 Å². The number of nitrogens with one attached hydrogen (secondary N) is 3. The van der Waals surface area contributed by atoms with Crippen molar-refractivity contribution in [2.75, 3.05) is 16.0 Å². The highest BCUT2D eigenvalue weighted by Crippen LogP contribution is 2.44. The molecule has 3 amide bonds. The zero-order valence-corrected chi connectivity index (χ0v) is 44.2. The standard InChI is InChI=1S/C57H81N3O6/c1-31-37(28-46(61)58-34-22-40(52(4,5)6)49(64)41(23-34)53(7,8)9)32(2)39(30-48(63)60-36-26-44(56(16,17)18)51(66)45(27-36)57(19,20)21)33(3)38(31)29-47(62)59-35-24-42(54(10,11)12)50(65)43(25-35)55(13,14)15/h22-27,64-66H,28-30H2,1-21H3,(H,58,61)(H,59,62)(H,60,63). The molecule has 0 aliphatic heterocycles. The fraction of sp³-hybridized carbons (Fsp3) is 0.526. The summed E-state index contributed by atoms with van der Waals surface area (Å²) in [7, 11) is 0. The van der Waals surface area contributed by atoms with Gasteiger partial charge >= 0.3 is 0 Å². The summed E-state index contributed by atoms with van der Waals surface area (Å²) in [5.41, 5.74) is 8.23. The van der Waals surface area contributed by atoms with Crippen LogP contribution in [0.2, 0.25) is 0 Å². The number of hydrogen-bond donors (Lipinski definition) is 6. The minimum atomic E-state index is -0.397. The molecular weight excluding hydrogens is 823 g/mol. The van der Waals surface area contributed by atoms with Crippen LogP contribution in [0.3, 0.4) is 0 Å². The van der Waals surface area contributed by atoms with Crippen LogP contribution in [0.4, 0.5) is 17.1 Å². The molecule has 0 heterocycles. The maximum absolute atomic E-state index is 14.3. The molecule has 66 heavy (non-hydrogen) atoms. The molecule has 0 spiro atoms. The zero-order valence-electron chi connectivity index (χ0n) is 44.2. The van der Waals surface area contributed by atoms with E-state index in [0.717, 1.165) is 66.8 Å². The van der Waals surface area contributed by atoms with Gasteiger partial charge in [0.05, 0.1) is 19.3 Å². The van der Waals surface area contributed by atoms with Crippen molar-refractivity contribution in [3.8, 4) is 17.2 Å². The van der Waals surface area contributed by atoms with Crippen LogP contribution in [-0.2, 0) is 66.1 Å². The predicted octanol–water partition coefficient (Wildman–Crippen LogP) is 13.1. The summed E-state index contributed by atoms with van der Waals surface area (Å²) in [6, 6.07) is 11.0. The van der Waals surface area contributed by atoms with Crippen molar-refractivity contribution in [1.29, 1.82) is 0 Å². The highest BCUT2D eigenvalue weighted by atomic mass is 16.3. The molecule has 360 valence electrons. The van der Waals surface area contributed by atoms with Gasteiger partial charge in [-0.05, 0) is 123 Å². The third-order valence-corrected chi connectivity index (χ3v) is 12.8. The molecule has 0 saturated carbocycles. The van der Waals surface area contributed by atoms with E-state index in [9.17, 15) is 29.7 Å². The Balaban J connectivity index is 1.85. The summed E-state index contributed by atoms with van der Waals surface area (Å²) in [5, 5.41) is 43.5. The molecule has 0 aliphatic carbocycles. The normalized spacial score (nSPS) is 12.9. The Morgan fingerprint density at radius 2 is 0.500 bits per heavy atom. The molecular formula is C57H81N3O6. The molecule has 0 aromatic heterocycles. The summed E-state index contributed by atoms with van der Waals surface area (Å²) >= 11 is 0. The number of anilines is 3. The smallest absolute Gasteiger partial charge is 0.228 e. The molecule has 0 saturated heterocycles. The third-order valence-electron chi connectivity index (χ3n) is 12.8. The fourth-order valence-corrected chi connectivity index (χ4v) is 8.83. The molecule has 0 radical (unpaired) electrons. The van der Waals surface area contributed by atoms with E-state index in [2.05, 4.69) is 16.0 Å². The monoisotopic (exact) mass is 904 g/mol. The van der Waals surface area contributed by atoms with Crippen molar-refractivity contribution in [3.05, 3.63) is 103 Å². The minimum Gasteiger partial charge on any atom is -0.507 e. The molecule has 0 atom stereocenters. The van der Waals surface area contributed by atoms with Gasteiger partial charge < -0.3 is 31.3 Å². The SMILES string of the molecule is Cc1c(CC(=O)Nc2cc(C(C)(C)C)c(O)c(C(C)(C)C)c2)c(C)c(CC(=O)Nc2cc(C(C)(C)C)c(O)c(C(C)(C)C)c2)c(C)c1CC(=O)Nc1cc(C(C)(C)C)c(O)c(C(C)(C)C)c1. The van der Waals surface area contributed by atoms with E-state index >= 15 is 0 Å². The number of phenols is 3. The molecule has 9 nitrogen and oxygen atoms in total. The van der Waals surface area contributed by atoms with Crippen LogP contribution >= 0.6 is 0 Å². The van der Waals surface area contributed by atoms with Gasteiger partial charge in [-0.25, -0.2) is 0 Å². The molecule has 6 N–H and O–H groups in total. The van der Waals surface area contributed by atoms with Gasteiger partial charge in [-0.3, -0.25) is 14.4 Å². The summed E-state index contributed by atoms with van der Waals surface area (Å²) < 4.78 is 0. The van der Waals surface area contributed by atoms with Gasteiger partial charge in [0.1, 0.15) is 17.2 Å². The van der Waals surface area contributed by atoms with E-state index in [0.29, 0.717) is 17.1 Å². The highest BCUT2D eigenvalue weighted by molar-refractivity contribution is 5.96. The number of aromatic hydroxyl groups is 3. The van der Waals surface area contributed by atoms with E-state index < -0.39 is 32.5 Å². The number of benzene rings is 4. The summed E-state index contributed by atoms with van der Waals surface area (Å²) in [4.78, 5) is 42.8. The topological polar surface area (TPSA) is 148 Å². The Morgan fingerprint density at radius 1 is 0.348 bits per heavy atom. The lowest BCUT2D eigenvalue weighted by atomic mass is 9.79. The van der Waals surface area contributed by atoms with Crippen molar-refractivity contribution in [1.82, 2.24) is 0 Å². The van der Waals surface area contributed by atoms with Crippen molar-refractivity contribution in [3.63, 3.8) is 0 Å². The summed E-state index contributed by atoms with van der Waals surface area (Å²) in [6.45, 7) is 42.3. The molecule has 0 unspecified atom stereocenters. The maximum Gasteiger partial charge on any atom is 0.228 e. The highest BCUT2D eigenvalue weighted by Gasteiger charge is 2.31. The van der Waals surface area contributed by atoms with Crippen LogP contribution in [0.1, 0.15) is 191 Å². The van der Waals surface area contributed by atoms with Crippen LogP contribution < -0.4 is 16.0 Å². The van der Waals surface area contributed by atoms with Crippen LogP contribution in [0.15, 0.2) is 36.4 Å². The Kier molecular flexibility index (Phi) is 14.9. The second kappa shape index (κ2) is 18.4. The molecule has 9 heteroatoms. The van der Waals surface area contributed by atoms with E-state index in [1.54, 1.807) is 0 Å². The number of carbonyl (C=O) groups is 3. The Labute approximate surface area is 396 Å². The second-order valence-corrected chi connectivity index (χ2v) is 24.7. The largest absolute Gasteiger partial charge is 0.507 e. The zero-order chi connectivity index (χ0) is 50.6. The first kappa shape index (κ1) is 53.3. The number of phenolic OH excluding ortho intramolecular Hbond substituents is 3. The van der Waals surface area contributed by atoms with Gasteiger partial charge in [0.15, 0.2) is 0 Å². The lowest BCUT2D eigenvalue weighted by Gasteiger charge is -2.28. The van der Waals surface area contributed by atoms with E-state index in [4.69, 9.17) is 0 Å². The number of amides is 3. The van der Waals surface area contributed by atoms with Gasteiger partial charge in [0, 0.05) is 50.4 Å². The number of rotatable bonds is 9. The molecule has 4 rings (SSSR count). The first-order valence-electron chi connectivity index (χ1n) is 23.4. The Morgan fingerprint density at radius 3 is 0.636 bits per heavy atom. The quantitative estimate of drug-likeness (QED) is 0.0922. The third kappa shape index (κ3) is 12.2. The van der Waals surface area contributed by atoms with Crippen molar-refractivity contribution in [2.24, 2.45) is 0 Å². The fourth-order valence-electron chi connectivity index (χ4n) is 8.83. The van der Waals surface area contributed by atoms with E-state index in [-0.39, 0.29) is 54.2 Å². The average molecular weight is 904 g/mol. The van der Waals surface area contributed by atoms with Crippen LogP contribution in [-0.4, -0.2) is 33.0 Å². The maximum atomic E-state index is 14.3. The lowest BCUT2D eigenvalue weighted by molar-refractivity contribution is -0.116. The van der Waals surface area contributed by atoms with Crippen molar-refractivity contribution in [2.45, 2.75) is 197 Å². The van der Waals surface area contributed by atoms with Gasteiger partial charge in [-0.2, -0.15) is 0 Å². The second-order valence-electron chi connectivity index (χ2n) is 24.7. The van der Waals surface area contributed by atoms with Crippen molar-refractivity contribution >= 4 is 34.8 Å². The Bertz CT molecular complexity index is 2130. The summed E-state index contributed by atoms with van der Waals surface area (Å²) in [5.74, 6) is -0.165. The summed E-state index contributed by atoms with van der Waals surface area (Å²) in [6.07, 6.45) is -0.0790. The molecule has 0 aliphatic rings. The minimum absolute atomic E-state index is 0.0263. The molecule has 4 aromatic carbocycles. The lowest BCUT2D eigenvalue weighted by Crippen LogP contribution is -2.24. The Hall–Kier alpha value is -5.31. The first-order chi connectivity index (χ1) is 29.7. The van der Waals surface area contributed by atoms with Crippen molar-refractivity contribution < 1.29 is 29.7 Å². The first-order valence-corrected chi connectivity index (χ1v) is 23.4. The van der Waals surface area contributed by atoms with Gasteiger partial charge in [-0.1, -0.05) is 125 Å².